The van der Waals surface area contributed by atoms with Crippen molar-refractivity contribution in [3.05, 3.63) is 53.1 Å². The second kappa shape index (κ2) is 6.06. The van der Waals surface area contributed by atoms with Crippen LogP contribution in [0.15, 0.2) is 30.6 Å². The molecular formula is C19H24N4O. The number of rotatable bonds is 2. The Hall–Kier alpha value is -2.14. The molecule has 1 saturated heterocycles. The van der Waals surface area contributed by atoms with E-state index in [-0.39, 0.29) is 11.9 Å². The van der Waals surface area contributed by atoms with Gasteiger partial charge in [-0.2, -0.15) is 0 Å². The van der Waals surface area contributed by atoms with Crippen LogP contribution in [-0.2, 0) is 19.9 Å². The van der Waals surface area contributed by atoms with E-state index < -0.39 is 0 Å². The molecule has 1 amide bonds. The van der Waals surface area contributed by atoms with Crippen LogP contribution in [0.5, 0.6) is 0 Å². The predicted octanol–water partition coefficient (Wildman–Crippen LogP) is 2.04. The summed E-state index contributed by atoms with van der Waals surface area (Å²) in [5, 5.41) is 0. The zero-order valence-corrected chi connectivity index (χ0v) is 14.4. The number of piperazine rings is 1. The van der Waals surface area contributed by atoms with Gasteiger partial charge in [0.25, 0.3) is 5.91 Å². The number of hydrogen-bond acceptors (Lipinski definition) is 3. The number of likely N-dealkylation sites (N-methyl/N-ethyl adjacent to an activating group) is 1. The maximum absolute atomic E-state index is 13.0. The van der Waals surface area contributed by atoms with E-state index in [0.717, 1.165) is 37.3 Å². The molecule has 0 radical (unpaired) electrons. The topological polar surface area (TPSA) is 41.4 Å². The van der Waals surface area contributed by atoms with Gasteiger partial charge in [0, 0.05) is 44.6 Å². The number of aromatic nitrogens is 2. The van der Waals surface area contributed by atoms with Gasteiger partial charge < -0.3 is 9.47 Å². The van der Waals surface area contributed by atoms with E-state index in [4.69, 9.17) is 0 Å². The summed E-state index contributed by atoms with van der Waals surface area (Å²) in [6, 6.07) is 6.40. The summed E-state index contributed by atoms with van der Waals surface area (Å²) in [6.07, 6.45) is 7.26. The van der Waals surface area contributed by atoms with Crippen LogP contribution in [0.1, 0.15) is 39.8 Å². The van der Waals surface area contributed by atoms with Crippen molar-refractivity contribution in [2.24, 2.45) is 7.05 Å². The Labute approximate surface area is 142 Å². The first kappa shape index (κ1) is 15.4. The average Bonchev–Trinajstić information content (AvgIpc) is 3.22. The highest BCUT2D eigenvalue weighted by Gasteiger charge is 2.31. The first-order valence-electron chi connectivity index (χ1n) is 8.72. The van der Waals surface area contributed by atoms with E-state index in [1.165, 1.54) is 17.5 Å². The lowest BCUT2D eigenvalue weighted by molar-refractivity contribution is 0.0528. The number of fused-ring (bicyclic) bond motifs is 1. The summed E-state index contributed by atoms with van der Waals surface area (Å²) in [5.74, 6) is 1.17. The summed E-state index contributed by atoms with van der Waals surface area (Å²) in [4.78, 5) is 21.7. The molecule has 1 aliphatic carbocycles. The molecule has 24 heavy (non-hydrogen) atoms. The fraction of sp³-hybridized carbons (Fsp3) is 0.474. The summed E-state index contributed by atoms with van der Waals surface area (Å²) in [6.45, 7) is 2.33. The van der Waals surface area contributed by atoms with Crippen molar-refractivity contribution < 1.29 is 4.79 Å². The molecule has 5 nitrogen and oxygen atoms in total. The number of hydrogen-bond donors (Lipinski definition) is 0. The molecule has 2 heterocycles. The van der Waals surface area contributed by atoms with Crippen molar-refractivity contribution in [2.45, 2.75) is 25.3 Å². The molecule has 1 atom stereocenters. The Morgan fingerprint density at radius 2 is 2.00 bits per heavy atom. The monoisotopic (exact) mass is 324 g/mol. The molecule has 0 unspecified atom stereocenters. The zero-order valence-electron chi connectivity index (χ0n) is 14.4. The molecule has 1 aromatic carbocycles. The standard InChI is InChI=1S/C19H24N4O/c1-21-10-11-23(13-17(21)18-20-8-9-22(18)2)19(24)16-7-6-14-4-3-5-15(14)12-16/h6-9,12,17H,3-5,10-11,13H2,1-2H3/t17-/m1/s1. The molecule has 0 bridgehead atoms. The smallest absolute Gasteiger partial charge is 0.253 e. The second-order valence-corrected chi connectivity index (χ2v) is 6.98. The van der Waals surface area contributed by atoms with Crippen molar-refractivity contribution in [2.75, 3.05) is 26.7 Å². The number of amides is 1. The van der Waals surface area contributed by atoms with Crippen LogP contribution in [0.25, 0.3) is 0 Å². The van der Waals surface area contributed by atoms with E-state index >= 15 is 0 Å². The van der Waals surface area contributed by atoms with Gasteiger partial charge >= 0.3 is 0 Å². The molecule has 126 valence electrons. The highest BCUT2D eigenvalue weighted by Crippen LogP contribution is 2.26. The molecule has 0 N–H and O–H groups in total. The van der Waals surface area contributed by atoms with Gasteiger partial charge in [0.1, 0.15) is 5.82 Å². The largest absolute Gasteiger partial charge is 0.337 e. The van der Waals surface area contributed by atoms with Gasteiger partial charge in [-0.15, -0.1) is 0 Å². The Balaban J connectivity index is 1.55. The lowest BCUT2D eigenvalue weighted by Crippen LogP contribution is -2.49. The maximum atomic E-state index is 13.0. The van der Waals surface area contributed by atoms with Crippen LogP contribution in [0.2, 0.25) is 0 Å². The number of imidazole rings is 1. The second-order valence-electron chi connectivity index (χ2n) is 6.98. The Morgan fingerprint density at radius 3 is 2.79 bits per heavy atom. The molecule has 1 aliphatic heterocycles. The number of aryl methyl sites for hydroxylation is 3. The summed E-state index contributed by atoms with van der Waals surface area (Å²) < 4.78 is 2.05. The predicted molar refractivity (Wildman–Crippen MR) is 92.9 cm³/mol. The Bertz CT molecular complexity index is 766. The fourth-order valence-electron chi connectivity index (χ4n) is 3.92. The maximum Gasteiger partial charge on any atom is 0.253 e. The molecular weight excluding hydrogens is 300 g/mol. The first-order chi connectivity index (χ1) is 11.6. The normalized spacial score (nSPS) is 21.1. The molecule has 5 heteroatoms. The van der Waals surface area contributed by atoms with Gasteiger partial charge in [-0.1, -0.05) is 6.07 Å². The highest BCUT2D eigenvalue weighted by atomic mass is 16.2. The number of nitrogens with zero attached hydrogens (tertiary/aromatic N) is 4. The lowest BCUT2D eigenvalue weighted by Gasteiger charge is -2.39. The van der Waals surface area contributed by atoms with Crippen molar-refractivity contribution in [1.82, 2.24) is 19.4 Å². The highest BCUT2D eigenvalue weighted by molar-refractivity contribution is 5.94. The van der Waals surface area contributed by atoms with Gasteiger partial charge in [-0.3, -0.25) is 9.69 Å². The van der Waals surface area contributed by atoms with Gasteiger partial charge in [0.15, 0.2) is 0 Å². The molecule has 1 aromatic heterocycles. The SMILES string of the molecule is CN1CCN(C(=O)c2ccc3c(c2)CCC3)C[C@@H]1c1nccn1C. The molecule has 4 rings (SSSR count). The van der Waals surface area contributed by atoms with Crippen LogP contribution >= 0.6 is 0 Å². The van der Waals surface area contributed by atoms with Gasteiger partial charge in [-0.25, -0.2) is 4.98 Å². The van der Waals surface area contributed by atoms with Gasteiger partial charge in [-0.05, 0) is 49.6 Å². The average molecular weight is 324 g/mol. The van der Waals surface area contributed by atoms with Crippen LogP contribution in [0.4, 0.5) is 0 Å². The quantitative estimate of drug-likeness (QED) is 0.849. The van der Waals surface area contributed by atoms with Crippen LogP contribution in [0.3, 0.4) is 0 Å². The summed E-state index contributed by atoms with van der Waals surface area (Å²) >= 11 is 0. The van der Waals surface area contributed by atoms with Crippen LogP contribution < -0.4 is 0 Å². The van der Waals surface area contributed by atoms with Gasteiger partial charge in [0.2, 0.25) is 0 Å². The van der Waals surface area contributed by atoms with E-state index in [0.29, 0.717) is 6.54 Å². The van der Waals surface area contributed by atoms with E-state index in [1.807, 2.05) is 35.0 Å². The lowest BCUT2D eigenvalue weighted by atomic mass is 10.0. The zero-order chi connectivity index (χ0) is 16.7. The number of carbonyl (C=O) groups excluding carboxylic acids is 1. The van der Waals surface area contributed by atoms with Crippen molar-refractivity contribution in [1.29, 1.82) is 0 Å². The third-order valence-electron chi connectivity index (χ3n) is 5.44. The summed E-state index contributed by atoms with van der Waals surface area (Å²) in [5.41, 5.74) is 3.60. The summed E-state index contributed by atoms with van der Waals surface area (Å²) in [7, 11) is 4.12. The van der Waals surface area contributed by atoms with Crippen LogP contribution in [-0.4, -0.2) is 51.9 Å². The van der Waals surface area contributed by atoms with Crippen molar-refractivity contribution in [3.63, 3.8) is 0 Å². The van der Waals surface area contributed by atoms with Gasteiger partial charge in [0.05, 0.1) is 6.04 Å². The van der Waals surface area contributed by atoms with Crippen LogP contribution in [0, 0.1) is 0 Å². The third kappa shape index (κ3) is 2.63. The van der Waals surface area contributed by atoms with Crippen molar-refractivity contribution in [3.8, 4) is 0 Å². The molecule has 0 spiro atoms. The Kier molecular flexibility index (Phi) is 3.88. The first-order valence-corrected chi connectivity index (χ1v) is 8.72. The number of benzene rings is 1. The Morgan fingerprint density at radius 1 is 1.17 bits per heavy atom. The number of carbonyl (C=O) groups is 1. The molecule has 2 aromatic rings. The molecule has 0 saturated carbocycles. The minimum absolute atomic E-state index is 0.150. The third-order valence-corrected chi connectivity index (χ3v) is 5.44. The fourth-order valence-corrected chi connectivity index (χ4v) is 3.92. The molecule has 2 aliphatic rings. The van der Waals surface area contributed by atoms with E-state index in [1.54, 1.807) is 0 Å². The minimum Gasteiger partial charge on any atom is -0.337 e. The van der Waals surface area contributed by atoms with Crippen molar-refractivity contribution >= 4 is 5.91 Å². The van der Waals surface area contributed by atoms with E-state index in [2.05, 4.69) is 29.1 Å². The minimum atomic E-state index is 0.150. The van der Waals surface area contributed by atoms with E-state index in [9.17, 15) is 4.79 Å². The molecule has 1 fully saturated rings.